The Morgan fingerprint density at radius 3 is 2.72 bits per heavy atom. The van der Waals surface area contributed by atoms with E-state index in [0.29, 0.717) is 5.96 Å². The van der Waals surface area contributed by atoms with Gasteiger partial charge in [0.1, 0.15) is 0 Å². The first kappa shape index (κ1) is 21.4. The van der Waals surface area contributed by atoms with Gasteiger partial charge in [-0.05, 0) is 42.0 Å². The zero-order chi connectivity index (χ0) is 17.2. The number of carbonyl (C=O) groups is 1. The molecular weight excluding hydrogens is 447 g/mol. The summed E-state index contributed by atoms with van der Waals surface area (Å²) in [5.74, 6) is 0.536. The van der Waals surface area contributed by atoms with Crippen LogP contribution in [0.15, 0.2) is 46.8 Å². The normalized spacial score (nSPS) is 10.7. The molecule has 5 nitrogen and oxygen atoms in total. The maximum atomic E-state index is 12.0. The number of hydrogen-bond donors (Lipinski definition) is 3. The Bertz CT molecular complexity index is 673. The zero-order valence-electron chi connectivity index (χ0n) is 14.5. The molecule has 7 heteroatoms. The van der Waals surface area contributed by atoms with Gasteiger partial charge in [-0.2, -0.15) is 0 Å². The van der Waals surface area contributed by atoms with Gasteiger partial charge in [0, 0.05) is 24.2 Å². The van der Waals surface area contributed by atoms with Crippen molar-refractivity contribution in [3.05, 3.63) is 52.2 Å². The predicted molar refractivity (Wildman–Crippen MR) is 117 cm³/mol. The predicted octanol–water partition coefficient (Wildman–Crippen LogP) is 3.27. The third-order valence-corrected chi connectivity index (χ3v) is 4.44. The van der Waals surface area contributed by atoms with Crippen molar-refractivity contribution in [3.63, 3.8) is 0 Å². The number of aliphatic imine (C=N–C) groups is 1. The number of halogens is 1. The van der Waals surface area contributed by atoms with Gasteiger partial charge < -0.3 is 16.0 Å². The van der Waals surface area contributed by atoms with E-state index in [-0.39, 0.29) is 36.4 Å². The standard InChI is InChI=1S/C18H24N4OS.HI/c1-3-14-6-4-7-15(12-14)22-17(23)13-21-18(19-2)20-10-9-16-8-5-11-24-16;/h4-8,11-12H,3,9-10,13H2,1-2H3,(H,22,23)(H2,19,20,21);1H. The van der Waals surface area contributed by atoms with E-state index in [1.54, 1.807) is 18.4 Å². The molecule has 0 aliphatic rings. The zero-order valence-corrected chi connectivity index (χ0v) is 17.7. The van der Waals surface area contributed by atoms with E-state index in [2.05, 4.69) is 39.3 Å². The van der Waals surface area contributed by atoms with Gasteiger partial charge >= 0.3 is 0 Å². The summed E-state index contributed by atoms with van der Waals surface area (Å²) in [6.07, 6.45) is 1.89. The van der Waals surface area contributed by atoms with Crippen LogP contribution in [0.25, 0.3) is 0 Å². The third-order valence-electron chi connectivity index (χ3n) is 3.50. The Morgan fingerprint density at radius 2 is 2.04 bits per heavy atom. The second kappa shape index (κ2) is 11.9. The van der Waals surface area contributed by atoms with Crippen LogP contribution in [0.4, 0.5) is 5.69 Å². The Balaban J connectivity index is 0.00000312. The molecule has 0 fully saturated rings. The molecule has 1 heterocycles. The molecule has 0 spiro atoms. The van der Waals surface area contributed by atoms with Gasteiger partial charge in [0.25, 0.3) is 0 Å². The number of thiophene rings is 1. The van der Waals surface area contributed by atoms with Crippen molar-refractivity contribution >= 4 is 52.9 Å². The summed E-state index contributed by atoms with van der Waals surface area (Å²) in [7, 11) is 1.70. The van der Waals surface area contributed by atoms with Crippen LogP contribution in [-0.4, -0.2) is 32.0 Å². The van der Waals surface area contributed by atoms with Crippen molar-refractivity contribution in [2.24, 2.45) is 4.99 Å². The van der Waals surface area contributed by atoms with Gasteiger partial charge in [-0.15, -0.1) is 35.3 Å². The van der Waals surface area contributed by atoms with Crippen molar-refractivity contribution in [1.82, 2.24) is 10.6 Å². The summed E-state index contributed by atoms with van der Waals surface area (Å²) in [5.41, 5.74) is 2.02. The molecule has 0 aliphatic heterocycles. The van der Waals surface area contributed by atoms with E-state index < -0.39 is 0 Å². The first-order valence-electron chi connectivity index (χ1n) is 8.07. The first-order chi connectivity index (χ1) is 11.7. The molecule has 2 aromatic rings. The number of amides is 1. The molecular formula is C18H25IN4OS. The van der Waals surface area contributed by atoms with Crippen LogP contribution in [0.1, 0.15) is 17.4 Å². The average molecular weight is 472 g/mol. The van der Waals surface area contributed by atoms with Gasteiger partial charge in [-0.3, -0.25) is 9.79 Å². The molecule has 136 valence electrons. The van der Waals surface area contributed by atoms with E-state index in [0.717, 1.165) is 25.1 Å². The molecule has 1 aromatic carbocycles. The van der Waals surface area contributed by atoms with Crippen LogP contribution in [-0.2, 0) is 17.6 Å². The van der Waals surface area contributed by atoms with E-state index >= 15 is 0 Å². The molecule has 0 saturated heterocycles. The number of anilines is 1. The molecule has 3 N–H and O–H groups in total. The molecule has 25 heavy (non-hydrogen) atoms. The summed E-state index contributed by atoms with van der Waals surface area (Å²) in [6.45, 7) is 3.05. The molecule has 0 radical (unpaired) electrons. The minimum atomic E-state index is -0.0931. The highest BCUT2D eigenvalue weighted by molar-refractivity contribution is 14.0. The maximum Gasteiger partial charge on any atom is 0.243 e. The number of carbonyl (C=O) groups excluding carboxylic acids is 1. The van der Waals surface area contributed by atoms with Gasteiger partial charge in [-0.25, -0.2) is 0 Å². The highest BCUT2D eigenvalue weighted by Crippen LogP contribution is 2.10. The Morgan fingerprint density at radius 1 is 1.20 bits per heavy atom. The highest BCUT2D eigenvalue weighted by Gasteiger charge is 2.05. The molecule has 0 aliphatic carbocycles. The lowest BCUT2D eigenvalue weighted by Crippen LogP contribution is -2.42. The second-order valence-electron chi connectivity index (χ2n) is 5.28. The fraction of sp³-hybridized carbons (Fsp3) is 0.333. The van der Waals surface area contributed by atoms with E-state index in [9.17, 15) is 4.79 Å². The monoisotopic (exact) mass is 472 g/mol. The minimum absolute atomic E-state index is 0. The Labute approximate surface area is 170 Å². The van der Waals surface area contributed by atoms with E-state index in [1.807, 2.05) is 30.3 Å². The summed E-state index contributed by atoms with van der Waals surface area (Å²) in [4.78, 5) is 17.5. The summed E-state index contributed by atoms with van der Waals surface area (Å²) in [6, 6.07) is 12.0. The number of benzene rings is 1. The summed E-state index contributed by atoms with van der Waals surface area (Å²) < 4.78 is 0. The average Bonchev–Trinajstić information content (AvgIpc) is 3.11. The van der Waals surface area contributed by atoms with Crippen molar-refractivity contribution < 1.29 is 4.79 Å². The Kier molecular flexibility index (Phi) is 10.2. The van der Waals surface area contributed by atoms with Gasteiger partial charge in [0.2, 0.25) is 5.91 Å². The number of aryl methyl sites for hydroxylation is 1. The van der Waals surface area contributed by atoms with Gasteiger partial charge in [0.05, 0.1) is 6.54 Å². The van der Waals surface area contributed by atoms with Crippen LogP contribution < -0.4 is 16.0 Å². The number of nitrogens with zero attached hydrogens (tertiary/aromatic N) is 1. The molecule has 1 aromatic heterocycles. The number of rotatable bonds is 7. The lowest BCUT2D eigenvalue weighted by atomic mass is 10.1. The van der Waals surface area contributed by atoms with E-state index in [4.69, 9.17) is 0 Å². The van der Waals surface area contributed by atoms with Crippen LogP contribution in [0.2, 0.25) is 0 Å². The Hall–Kier alpha value is -1.61. The van der Waals surface area contributed by atoms with E-state index in [1.165, 1.54) is 10.4 Å². The number of guanidine groups is 1. The smallest absolute Gasteiger partial charge is 0.243 e. The quantitative estimate of drug-likeness (QED) is 0.329. The molecule has 0 atom stereocenters. The lowest BCUT2D eigenvalue weighted by Gasteiger charge is -2.12. The third kappa shape index (κ3) is 7.87. The fourth-order valence-corrected chi connectivity index (χ4v) is 2.93. The lowest BCUT2D eigenvalue weighted by molar-refractivity contribution is -0.115. The minimum Gasteiger partial charge on any atom is -0.356 e. The highest BCUT2D eigenvalue weighted by atomic mass is 127. The second-order valence-corrected chi connectivity index (χ2v) is 6.32. The first-order valence-corrected chi connectivity index (χ1v) is 8.95. The van der Waals surface area contributed by atoms with Gasteiger partial charge in [-0.1, -0.05) is 25.1 Å². The molecule has 0 bridgehead atoms. The van der Waals surface area contributed by atoms with Crippen molar-refractivity contribution in [2.45, 2.75) is 19.8 Å². The van der Waals surface area contributed by atoms with Crippen molar-refractivity contribution in [1.29, 1.82) is 0 Å². The van der Waals surface area contributed by atoms with Crippen LogP contribution in [0.5, 0.6) is 0 Å². The van der Waals surface area contributed by atoms with Crippen LogP contribution in [0, 0.1) is 0 Å². The summed E-state index contributed by atoms with van der Waals surface area (Å²) in [5, 5.41) is 11.2. The van der Waals surface area contributed by atoms with Crippen molar-refractivity contribution in [2.75, 3.05) is 25.5 Å². The summed E-state index contributed by atoms with van der Waals surface area (Å²) >= 11 is 1.74. The maximum absolute atomic E-state index is 12.0. The molecule has 0 saturated carbocycles. The topological polar surface area (TPSA) is 65.5 Å². The fourth-order valence-electron chi connectivity index (χ4n) is 2.22. The van der Waals surface area contributed by atoms with Crippen LogP contribution in [0.3, 0.4) is 0 Å². The van der Waals surface area contributed by atoms with Crippen molar-refractivity contribution in [3.8, 4) is 0 Å². The SMILES string of the molecule is CCc1cccc(NC(=O)CNC(=NC)NCCc2cccs2)c1.I. The largest absolute Gasteiger partial charge is 0.356 e. The molecule has 0 unspecified atom stereocenters. The van der Waals surface area contributed by atoms with Gasteiger partial charge in [0.15, 0.2) is 5.96 Å². The number of nitrogens with one attached hydrogen (secondary N) is 3. The molecule has 2 rings (SSSR count). The number of hydrogen-bond acceptors (Lipinski definition) is 3. The molecule has 1 amide bonds. The van der Waals surface area contributed by atoms with Crippen LogP contribution >= 0.6 is 35.3 Å².